The summed E-state index contributed by atoms with van der Waals surface area (Å²) >= 11 is 0. The molecule has 7 nitrogen and oxygen atoms in total. The van der Waals surface area contributed by atoms with Gasteiger partial charge in [-0.1, -0.05) is 76.2 Å². The van der Waals surface area contributed by atoms with Crippen molar-refractivity contribution in [2.75, 3.05) is 13.2 Å². The molecule has 182 valence electrons. The molecule has 0 fully saturated rings. The molecule has 0 heterocycles. The second kappa shape index (κ2) is 10.3. The van der Waals surface area contributed by atoms with E-state index in [9.17, 15) is 19.5 Å². The molecule has 7 heteroatoms. The second-order valence-corrected chi connectivity index (χ2v) is 9.43. The Morgan fingerprint density at radius 1 is 0.941 bits per heavy atom. The zero-order chi connectivity index (χ0) is 24.9. The van der Waals surface area contributed by atoms with Crippen LogP contribution in [0.25, 0.3) is 11.1 Å². The highest BCUT2D eigenvalue weighted by molar-refractivity contribution is 5.89. The van der Waals surface area contributed by atoms with Crippen molar-refractivity contribution in [1.29, 1.82) is 0 Å². The number of amides is 2. The Kier molecular flexibility index (Phi) is 7.64. The lowest BCUT2D eigenvalue weighted by atomic mass is 9.85. The Labute approximate surface area is 200 Å². The SMILES string of the molecule is CCC(CC)(NC(=O)C(C)(C)CCNC(=O)OCC1c2ccccc2-c2ccccc21)C(=O)O. The average molecular weight is 467 g/mol. The summed E-state index contributed by atoms with van der Waals surface area (Å²) in [6, 6.07) is 16.3. The molecule has 0 aromatic heterocycles. The topological polar surface area (TPSA) is 105 Å². The molecule has 0 radical (unpaired) electrons. The van der Waals surface area contributed by atoms with Crippen molar-refractivity contribution < 1.29 is 24.2 Å². The number of ether oxygens (including phenoxy) is 1. The summed E-state index contributed by atoms with van der Waals surface area (Å²) in [5, 5.41) is 15.0. The Morgan fingerprint density at radius 3 is 1.97 bits per heavy atom. The second-order valence-electron chi connectivity index (χ2n) is 9.43. The molecule has 2 aromatic carbocycles. The number of benzene rings is 2. The fourth-order valence-corrected chi connectivity index (χ4v) is 4.41. The fourth-order valence-electron chi connectivity index (χ4n) is 4.41. The molecule has 0 saturated carbocycles. The van der Waals surface area contributed by atoms with E-state index in [0.717, 1.165) is 22.3 Å². The first-order chi connectivity index (χ1) is 16.1. The predicted octanol–water partition coefficient (Wildman–Crippen LogP) is 4.70. The Balaban J connectivity index is 1.53. The van der Waals surface area contributed by atoms with E-state index in [-0.39, 0.29) is 25.0 Å². The molecular weight excluding hydrogens is 432 g/mol. The van der Waals surface area contributed by atoms with Crippen molar-refractivity contribution in [3.8, 4) is 11.1 Å². The van der Waals surface area contributed by atoms with Crippen LogP contribution in [0.3, 0.4) is 0 Å². The van der Waals surface area contributed by atoms with Crippen LogP contribution in [-0.2, 0) is 14.3 Å². The summed E-state index contributed by atoms with van der Waals surface area (Å²) in [5.41, 5.74) is 2.47. The minimum atomic E-state index is -1.28. The van der Waals surface area contributed by atoms with E-state index in [1.54, 1.807) is 27.7 Å². The summed E-state index contributed by atoms with van der Waals surface area (Å²) in [5.74, 6) is -1.42. The number of carbonyl (C=O) groups is 3. The molecule has 0 aliphatic heterocycles. The van der Waals surface area contributed by atoms with E-state index in [2.05, 4.69) is 34.9 Å². The van der Waals surface area contributed by atoms with Crippen LogP contribution >= 0.6 is 0 Å². The summed E-state index contributed by atoms with van der Waals surface area (Å²) in [6.45, 7) is 7.40. The lowest BCUT2D eigenvalue weighted by molar-refractivity contribution is -0.149. The molecule has 0 bridgehead atoms. The molecule has 1 aliphatic rings. The van der Waals surface area contributed by atoms with Crippen molar-refractivity contribution in [2.24, 2.45) is 5.41 Å². The van der Waals surface area contributed by atoms with Crippen molar-refractivity contribution in [2.45, 2.75) is 58.4 Å². The lowest BCUT2D eigenvalue weighted by Gasteiger charge is -2.33. The molecular formula is C27H34N2O5. The Morgan fingerprint density at radius 2 is 1.47 bits per heavy atom. The number of carboxylic acids is 1. The van der Waals surface area contributed by atoms with Gasteiger partial charge in [0.2, 0.25) is 5.91 Å². The van der Waals surface area contributed by atoms with Crippen LogP contribution in [0, 0.1) is 5.41 Å². The number of hydrogen-bond donors (Lipinski definition) is 3. The third-order valence-corrected chi connectivity index (χ3v) is 6.95. The maximum atomic E-state index is 12.8. The van der Waals surface area contributed by atoms with E-state index in [1.165, 1.54) is 0 Å². The largest absolute Gasteiger partial charge is 0.480 e. The summed E-state index contributed by atoms with van der Waals surface area (Å²) in [7, 11) is 0. The van der Waals surface area contributed by atoms with Crippen LogP contribution in [0.15, 0.2) is 48.5 Å². The van der Waals surface area contributed by atoms with Gasteiger partial charge >= 0.3 is 12.1 Å². The lowest BCUT2D eigenvalue weighted by Crippen LogP contribution is -2.57. The van der Waals surface area contributed by atoms with E-state index in [4.69, 9.17) is 4.74 Å². The van der Waals surface area contributed by atoms with Crippen LogP contribution in [0.2, 0.25) is 0 Å². The van der Waals surface area contributed by atoms with Gasteiger partial charge in [-0.25, -0.2) is 9.59 Å². The van der Waals surface area contributed by atoms with Crippen LogP contribution in [0.4, 0.5) is 4.79 Å². The maximum absolute atomic E-state index is 12.8. The summed E-state index contributed by atoms with van der Waals surface area (Å²) < 4.78 is 5.53. The van der Waals surface area contributed by atoms with E-state index in [1.807, 2.05) is 24.3 Å². The van der Waals surface area contributed by atoms with Crippen LogP contribution in [-0.4, -0.2) is 41.8 Å². The number of carbonyl (C=O) groups excluding carboxylic acids is 2. The van der Waals surface area contributed by atoms with Crippen LogP contribution in [0.1, 0.15) is 64.0 Å². The smallest absolute Gasteiger partial charge is 0.407 e. The number of rotatable bonds is 10. The van der Waals surface area contributed by atoms with E-state index < -0.39 is 23.0 Å². The highest BCUT2D eigenvalue weighted by Crippen LogP contribution is 2.44. The van der Waals surface area contributed by atoms with Gasteiger partial charge in [0, 0.05) is 17.9 Å². The van der Waals surface area contributed by atoms with Gasteiger partial charge < -0.3 is 20.5 Å². The zero-order valence-electron chi connectivity index (χ0n) is 20.3. The first kappa shape index (κ1) is 25.3. The predicted molar refractivity (Wildman–Crippen MR) is 131 cm³/mol. The minimum Gasteiger partial charge on any atom is -0.480 e. The first-order valence-corrected chi connectivity index (χ1v) is 11.8. The molecule has 0 saturated heterocycles. The number of aliphatic carboxylic acids is 1. The summed E-state index contributed by atoms with van der Waals surface area (Å²) in [6.07, 6.45) is 0.378. The normalized spacial score (nSPS) is 13.1. The maximum Gasteiger partial charge on any atom is 0.407 e. The molecule has 3 N–H and O–H groups in total. The van der Waals surface area contributed by atoms with Gasteiger partial charge in [0.1, 0.15) is 12.1 Å². The standard InChI is InChI=1S/C27H34N2O5/c1-5-27(6-2,24(31)32)29-23(30)26(3,4)15-16-28-25(33)34-17-22-20-13-9-7-11-18(20)19-12-8-10-14-21(19)22/h7-14,22H,5-6,15-17H2,1-4H3,(H,28,33)(H,29,30)(H,31,32). The fraction of sp³-hybridized carbons (Fsp3) is 0.444. The monoisotopic (exact) mass is 466 g/mol. The van der Waals surface area contributed by atoms with E-state index >= 15 is 0 Å². The number of nitrogens with one attached hydrogen (secondary N) is 2. The third kappa shape index (κ3) is 5.08. The Hall–Kier alpha value is -3.35. The van der Waals surface area contributed by atoms with Gasteiger partial charge in [-0.15, -0.1) is 0 Å². The first-order valence-electron chi connectivity index (χ1n) is 11.8. The molecule has 3 rings (SSSR count). The third-order valence-electron chi connectivity index (χ3n) is 6.95. The molecule has 0 unspecified atom stereocenters. The molecule has 0 spiro atoms. The highest BCUT2D eigenvalue weighted by Gasteiger charge is 2.40. The van der Waals surface area contributed by atoms with Gasteiger partial charge in [0.15, 0.2) is 0 Å². The number of alkyl carbamates (subject to hydrolysis) is 1. The van der Waals surface area contributed by atoms with Gasteiger partial charge in [0.05, 0.1) is 0 Å². The molecule has 0 atom stereocenters. The van der Waals surface area contributed by atoms with Crippen molar-refractivity contribution in [3.63, 3.8) is 0 Å². The molecule has 34 heavy (non-hydrogen) atoms. The zero-order valence-corrected chi connectivity index (χ0v) is 20.3. The van der Waals surface area contributed by atoms with Crippen molar-refractivity contribution >= 4 is 18.0 Å². The quantitative estimate of drug-likeness (QED) is 0.471. The summed E-state index contributed by atoms with van der Waals surface area (Å²) in [4.78, 5) is 36.9. The van der Waals surface area contributed by atoms with Crippen molar-refractivity contribution in [3.05, 3.63) is 59.7 Å². The molecule has 2 aromatic rings. The Bertz CT molecular complexity index is 1010. The number of hydrogen-bond acceptors (Lipinski definition) is 4. The van der Waals surface area contributed by atoms with E-state index in [0.29, 0.717) is 19.3 Å². The van der Waals surface area contributed by atoms with Crippen molar-refractivity contribution in [1.82, 2.24) is 10.6 Å². The highest BCUT2D eigenvalue weighted by atomic mass is 16.5. The van der Waals surface area contributed by atoms with Gasteiger partial charge in [-0.3, -0.25) is 4.79 Å². The average Bonchev–Trinajstić information content (AvgIpc) is 3.14. The van der Waals surface area contributed by atoms with Crippen LogP contribution < -0.4 is 10.6 Å². The van der Waals surface area contributed by atoms with Gasteiger partial charge in [0.25, 0.3) is 0 Å². The van der Waals surface area contributed by atoms with Crippen LogP contribution in [0.5, 0.6) is 0 Å². The number of carboxylic acid groups (broad SMARTS) is 1. The van der Waals surface area contributed by atoms with Gasteiger partial charge in [-0.05, 0) is 41.5 Å². The van der Waals surface area contributed by atoms with Gasteiger partial charge in [-0.2, -0.15) is 0 Å². The molecule has 1 aliphatic carbocycles. The minimum absolute atomic E-state index is 0.0207. The number of fused-ring (bicyclic) bond motifs is 3. The molecule has 2 amide bonds.